The Bertz CT molecular complexity index is 65.0. The fraction of sp³-hybridized carbons (Fsp3) is 0.875. The van der Waals surface area contributed by atoms with Crippen LogP contribution in [0.5, 0.6) is 0 Å². The van der Waals surface area contributed by atoms with Crippen LogP contribution in [-0.4, -0.2) is 6.10 Å². The smallest absolute Gasteiger partial charge is 0.0837 e. The molecule has 9 heavy (non-hydrogen) atoms. The van der Waals surface area contributed by atoms with Gasteiger partial charge >= 0.3 is 0 Å². The van der Waals surface area contributed by atoms with Gasteiger partial charge in [0.2, 0.25) is 0 Å². The molecular formula is C8H15O. The number of hydrogen-bond acceptors (Lipinski definition) is 1. The first-order valence-electron chi connectivity index (χ1n) is 3.90. The van der Waals surface area contributed by atoms with Crippen LogP contribution in [0.15, 0.2) is 0 Å². The average Bonchev–Trinajstić information content (AvgIpc) is 2.34. The highest BCUT2D eigenvalue weighted by Gasteiger charge is 2.14. The minimum Gasteiger partial charge on any atom is -0.372 e. The second-order valence-corrected chi connectivity index (χ2v) is 2.62. The van der Waals surface area contributed by atoms with Crippen LogP contribution in [0.2, 0.25) is 0 Å². The third-order valence-electron chi connectivity index (χ3n) is 1.76. The summed E-state index contributed by atoms with van der Waals surface area (Å²) in [6, 6.07) is 0. The molecule has 0 atom stereocenters. The largest absolute Gasteiger partial charge is 0.372 e. The summed E-state index contributed by atoms with van der Waals surface area (Å²) < 4.78 is 5.43. The highest BCUT2D eigenvalue weighted by molar-refractivity contribution is 4.68. The van der Waals surface area contributed by atoms with E-state index >= 15 is 0 Å². The average molecular weight is 127 g/mol. The number of rotatable bonds is 3. The monoisotopic (exact) mass is 127 g/mol. The summed E-state index contributed by atoms with van der Waals surface area (Å²) in [7, 11) is 0. The van der Waals surface area contributed by atoms with Gasteiger partial charge < -0.3 is 4.74 Å². The molecule has 0 spiro atoms. The zero-order chi connectivity index (χ0) is 6.53. The quantitative estimate of drug-likeness (QED) is 0.566. The van der Waals surface area contributed by atoms with Gasteiger partial charge in [-0.05, 0) is 19.3 Å². The summed E-state index contributed by atoms with van der Waals surface area (Å²) in [5, 5.41) is 0. The van der Waals surface area contributed by atoms with E-state index in [1.165, 1.54) is 25.7 Å². The third kappa shape index (κ3) is 2.35. The molecule has 1 rings (SSSR count). The van der Waals surface area contributed by atoms with Crippen molar-refractivity contribution in [2.75, 3.05) is 0 Å². The minimum absolute atomic E-state index is 0.560. The maximum Gasteiger partial charge on any atom is 0.0837 e. The Morgan fingerprint density at radius 1 is 1.44 bits per heavy atom. The molecule has 1 nitrogen and oxygen atoms in total. The third-order valence-corrected chi connectivity index (χ3v) is 1.76. The normalized spacial score (nSPS) is 21.0. The summed E-state index contributed by atoms with van der Waals surface area (Å²) >= 11 is 0. The molecule has 1 saturated carbocycles. The van der Waals surface area contributed by atoms with Gasteiger partial charge in [-0.2, -0.15) is 0 Å². The van der Waals surface area contributed by atoms with E-state index in [9.17, 15) is 0 Å². The van der Waals surface area contributed by atoms with Crippen LogP contribution >= 0.6 is 0 Å². The number of hydrogen-bond donors (Lipinski definition) is 0. The second-order valence-electron chi connectivity index (χ2n) is 2.62. The fourth-order valence-electron chi connectivity index (χ4n) is 1.26. The fourth-order valence-corrected chi connectivity index (χ4v) is 1.26. The highest BCUT2D eigenvalue weighted by atomic mass is 16.5. The van der Waals surface area contributed by atoms with Gasteiger partial charge in [-0.15, -0.1) is 0 Å². The van der Waals surface area contributed by atoms with Gasteiger partial charge in [-0.3, -0.25) is 0 Å². The molecule has 0 amide bonds. The van der Waals surface area contributed by atoms with Gasteiger partial charge in [0.25, 0.3) is 0 Å². The van der Waals surface area contributed by atoms with Gasteiger partial charge in [0.1, 0.15) is 0 Å². The SMILES string of the molecule is CC[CH]OC1CCCC1. The predicted octanol–water partition coefficient (Wildman–Crippen LogP) is 2.52. The van der Waals surface area contributed by atoms with E-state index in [1.807, 2.05) is 6.61 Å². The summed E-state index contributed by atoms with van der Waals surface area (Å²) in [4.78, 5) is 0. The lowest BCUT2D eigenvalue weighted by atomic mass is 10.3. The molecule has 1 fully saturated rings. The highest BCUT2D eigenvalue weighted by Crippen LogP contribution is 2.21. The maximum absolute atomic E-state index is 5.43. The molecule has 0 aromatic heterocycles. The van der Waals surface area contributed by atoms with Crippen molar-refractivity contribution in [3.05, 3.63) is 6.61 Å². The van der Waals surface area contributed by atoms with E-state index in [4.69, 9.17) is 4.74 Å². The lowest BCUT2D eigenvalue weighted by Gasteiger charge is -2.07. The van der Waals surface area contributed by atoms with Gasteiger partial charge in [0.05, 0.1) is 12.7 Å². The molecule has 0 aromatic rings. The van der Waals surface area contributed by atoms with Crippen LogP contribution in [0.3, 0.4) is 0 Å². The Balaban J connectivity index is 1.98. The first-order valence-corrected chi connectivity index (χ1v) is 3.90. The Morgan fingerprint density at radius 3 is 2.67 bits per heavy atom. The Labute approximate surface area is 57.4 Å². The van der Waals surface area contributed by atoms with Crippen molar-refractivity contribution in [2.24, 2.45) is 0 Å². The van der Waals surface area contributed by atoms with E-state index < -0.39 is 0 Å². The molecule has 0 aromatic carbocycles. The van der Waals surface area contributed by atoms with Crippen molar-refractivity contribution in [3.8, 4) is 0 Å². The van der Waals surface area contributed by atoms with Crippen LogP contribution in [0.1, 0.15) is 39.0 Å². The number of ether oxygens (including phenoxy) is 1. The van der Waals surface area contributed by atoms with Crippen LogP contribution in [0.25, 0.3) is 0 Å². The summed E-state index contributed by atoms with van der Waals surface area (Å²) in [6.45, 7) is 4.03. The van der Waals surface area contributed by atoms with E-state index in [-0.39, 0.29) is 0 Å². The topological polar surface area (TPSA) is 9.23 Å². The van der Waals surface area contributed by atoms with Crippen LogP contribution in [-0.2, 0) is 4.74 Å². The van der Waals surface area contributed by atoms with Crippen LogP contribution in [0.4, 0.5) is 0 Å². The zero-order valence-electron chi connectivity index (χ0n) is 6.10. The van der Waals surface area contributed by atoms with Gasteiger partial charge in [-0.25, -0.2) is 0 Å². The van der Waals surface area contributed by atoms with E-state index in [0.717, 1.165) is 6.42 Å². The molecule has 1 aliphatic carbocycles. The summed E-state index contributed by atoms with van der Waals surface area (Å²) in [5.41, 5.74) is 0. The van der Waals surface area contributed by atoms with Gasteiger partial charge in [0, 0.05) is 0 Å². The van der Waals surface area contributed by atoms with Crippen molar-refractivity contribution in [1.29, 1.82) is 0 Å². The summed E-state index contributed by atoms with van der Waals surface area (Å²) in [6.07, 6.45) is 6.87. The van der Waals surface area contributed by atoms with Crippen LogP contribution < -0.4 is 0 Å². The molecule has 0 unspecified atom stereocenters. The first-order chi connectivity index (χ1) is 4.43. The Hall–Kier alpha value is -0.0400. The molecule has 1 heteroatoms. The van der Waals surface area contributed by atoms with Gasteiger partial charge in [-0.1, -0.05) is 19.8 Å². The van der Waals surface area contributed by atoms with Crippen molar-refractivity contribution in [3.63, 3.8) is 0 Å². The van der Waals surface area contributed by atoms with Crippen molar-refractivity contribution in [1.82, 2.24) is 0 Å². The molecule has 1 radical (unpaired) electrons. The van der Waals surface area contributed by atoms with Gasteiger partial charge in [0.15, 0.2) is 0 Å². The minimum atomic E-state index is 0.560. The molecule has 0 N–H and O–H groups in total. The lowest BCUT2D eigenvalue weighted by molar-refractivity contribution is 0.108. The lowest BCUT2D eigenvalue weighted by Crippen LogP contribution is -2.04. The van der Waals surface area contributed by atoms with Crippen molar-refractivity contribution in [2.45, 2.75) is 45.1 Å². The molecule has 0 heterocycles. The van der Waals surface area contributed by atoms with Crippen LogP contribution in [0, 0.1) is 6.61 Å². The Morgan fingerprint density at radius 2 is 2.11 bits per heavy atom. The van der Waals surface area contributed by atoms with E-state index in [2.05, 4.69) is 6.92 Å². The summed E-state index contributed by atoms with van der Waals surface area (Å²) in [5.74, 6) is 0. The van der Waals surface area contributed by atoms with E-state index in [1.54, 1.807) is 0 Å². The molecule has 0 saturated heterocycles. The first kappa shape index (κ1) is 7.07. The molecule has 53 valence electrons. The Kier molecular flexibility index (Phi) is 3.05. The zero-order valence-corrected chi connectivity index (χ0v) is 6.10. The van der Waals surface area contributed by atoms with Crippen molar-refractivity contribution < 1.29 is 4.74 Å². The van der Waals surface area contributed by atoms with Crippen molar-refractivity contribution >= 4 is 0 Å². The standard InChI is InChI=1S/C8H15O/c1-2-7-9-8-5-3-4-6-8/h7-8H,2-6H2,1H3. The maximum atomic E-state index is 5.43. The molecular weight excluding hydrogens is 112 g/mol. The molecule has 0 bridgehead atoms. The molecule has 1 aliphatic rings. The predicted molar refractivity (Wildman–Crippen MR) is 37.9 cm³/mol. The molecule has 0 aliphatic heterocycles. The van der Waals surface area contributed by atoms with E-state index in [0.29, 0.717) is 6.10 Å². The second kappa shape index (κ2) is 3.89.